The standard InChI is InChI=1S/C25H25Cl2N3O3/c1-13-22-21(14-3-6-16(26)7-4-14)18(9-10-25(22,2)24(32)28-13)17-8-5-15(11-19(17)27)23-30-29-20(12-31)33-23/h3-8,11,13,18,21-22,31H,9-10,12H2,1-2H3,(H,28,32)/t13-,18+,21+,22+,25-/m1/s1. The van der Waals surface area contributed by atoms with Gasteiger partial charge < -0.3 is 14.8 Å². The predicted octanol–water partition coefficient (Wildman–Crippen LogP) is 5.34. The topological polar surface area (TPSA) is 88.2 Å². The summed E-state index contributed by atoms with van der Waals surface area (Å²) in [7, 11) is 0. The SMILES string of the molecule is C[C@H]1NC(=O)[C@]2(C)CC[C@@H](c3ccc(-c4nnc(CO)o4)cc3Cl)[C@H](c3ccc(Cl)cc3)[C@H]12. The highest BCUT2D eigenvalue weighted by Crippen LogP contribution is 2.59. The summed E-state index contributed by atoms with van der Waals surface area (Å²) in [5, 5.41) is 21.5. The Hall–Kier alpha value is -2.41. The molecule has 6 nitrogen and oxygen atoms in total. The maximum absolute atomic E-state index is 12.9. The van der Waals surface area contributed by atoms with Crippen molar-refractivity contribution in [3.8, 4) is 11.5 Å². The molecule has 1 aliphatic carbocycles. The van der Waals surface area contributed by atoms with Crippen LogP contribution in [0.25, 0.3) is 11.5 Å². The van der Waals surface area contributed by atoms with Crippen molar-refractivity contribution in [2.45, 2.75) is 51.2 Å². The zero-order chi connectivity index (χ0) is 23.3. The molecule has 8 heteroatoms. The molecule has 0 radical (unpaired) electrons. The second-order valence-corrected chi connectivity index (χ2v) is 10.2. The largest absolute Gasteiger partial charge is 0.418 e. The lowest BCUT2D eigenvalue weighted by atomic mass is 9.56. The fourth-order valence-electron chi connectivity index (χ4n) is 5.91. The van der Waals surface area contributed by atoms with E-state index in [0.717, 1.165) is 24.0 Å². The molecule has 1 saturated carbocycles. The van der Waals surface area contributed by atoms with E-state index in [2.05, 4.69) is 41.5 Å². The van der Waals surface area contributed by atoms with E-state index in [-0.39, 0.29) is 42.2 Å². The molecule has 1 amide bonds. The second-order valence-electron chi connectivity index (χ2n) is 9.32. The monoisotopic (exact) mass is 485 g/mol. The minimum atomic E-state index is -0.420. The van der Waals surface area contributed by atoms with E-state index >= 15 is 0 Å². The Labute approximate surface area is 202 Å². The number of aliphatic hydroxyl groups is 1. The zero-order valence-corrected chi connectivity index (χ0v) is 19.9. The maximum atomic E-state index is 12.9. The van der Waals surface area contributed by atoms with Gasteiger partial charge in [0.1, 0.15) is 6.61 Å². The van der Waals surface area contributed by atoms with Crippen LogP contribution in [0.1, 0.15) is 55.5 Å². The van der Waals surface area contributed by atoms with Crippen LogP contribution in [0.2, 0.25) is 10.0 Å². The number of rotatable bonds is 4. The number of halogens is 2. The number of benzene rings is 2. The number of aliphatic hydroxyl groups excluding tert-OH is 1. The zero-order valence-electron chi connectivity index (χ0n) is 18.4. The molecule has 1 saturated heterocycles. The van der Waals surface area contributed by atoms with Gasteiger partial charge in [-0.3, -0.25) is 4.79 Å². The van der Waals surface area contributed by atoms with Crippen LogP contribution in [-0.2, 0) is 11.4 Å². The van der Waals surface area contributed by atoms with Crippen molar-refractivity contribution < 1.29 is 14.3 Å². The summed E-state index contributed by atoms with van der Waals surface area (Å²) in [6, 6.07) is 13.8. The van der Waals surface area contributed by atoms with Crippen LogP contribution in [0.4, 0.5) is 0 Å². The first-order valence-corrected chi connectivity index (χ1v) is 11.9. The van der Waals surface area contributed by atoms with Crippen LogP contribution < -0.4 is 5.32 Å². The summed E-state index contributed by atoms with van der Waals surface area (Å²) in [4.78, 5) is 12.9. The van der Waals surface area contributed by atoms with Gasteiger partial charge in [-0.15, -0.1) is 10.2 Å². The first-order chi connectivity index (χ1) is 15.8. The van der Waals surface area contributed by atoms with E-state index in [4.69, 9.17) is 27.6 Å². The molecule has 2 heterocycles. The van der Waals surface area contributed by atoms with Crippen LogP contribution in [0.15, 0.2) is 46.9 Å². The van der Waals surface area contributed by atoms with Gasteiger partial charge in [-0.25, -0.2) is 0 Å². The van der Waals surface area contributed by atoms with Gasteiger partial charge in [0, 0.05) is 27.6 Å². The Kier molecular flexibility index (Phi) is 5.71. The first kappa shape index (κ1) is 22.4. The molecule has 2 N–H and O–H groups in total. The van der Waals surface area contributed by atoms with Crippen LogP contribution >= 0.6 is 23.2 Å². The van der Waals surface area contributed by atoms with E-state index in [0.29, 0.717) is 21.5 Å². The molecule has 0 bridgehead atoms. The third kappa shape index (κ3) is 3.74. The highest BCUT2D eigenvalue weighted by atomic mass is 35.5. The summed E-state index contributed by atoms with van der Waals surface area (Å²) in [6.45, 7) is 3.88. The molecular formula is C25H25Cl2N3O3. The molecule has 1 aliphatic heterocycles. The number of hydrogen-bond acceptors (Lipinski definition) is 5. The molecule has 33 heavy (non-hydrogen) atoms. The summed E-state index contributed by atoms with van der Waals surface area (Å²) in [5.74, 6) is 0.974. The number of aromatic nitrogens is 2. The number of fused-ring (bicyclic) bond motifs is 1. The summed E-state index contributed by atoms with van der Waals surface area (Å²) < 4.78 is 5.47. The minimum Gasteiger partial charge on any atom is -0.418 e. The molecule has 0 spiro atoms. The van der Waals surface area contributed by atoms with Gasteiger partial charge >= 0.3 is 0 Å². The smallest absolute Gasteiger partial charge is 0.247 e. The van der Waals surface area contributed by atoms with Crippen molar-refractivity contribution in [3.05, 3.63) is 69.5 Å². The molecular weight excluding hydrogens is 461 g/mol. The quantitative estimate of drug-likeness (QED) is 0.520. The number of hydrogen-bond donors (Lipinski definition) is 2. The van der Waals surface area contributed by atoms with Gasteiger partial charge in [0.15, 0.2) is 0 Å². The number of carbonyl (C=O) groups is 1. The van der Waals surface area contributed by atoms with E-state index in [1.165, 1.54) is 0 Å². The molecule has 5 rings (SSSR count). The molecule has 0 unspecified atom stereocenters. The van der Waals surface area contributed by atoms with Crippen molar-refractivity contribution in [3.63, 3.8) is 0 Å². The molecule has 2 aromatic carbocycles. The Balaban J connectivity index is 1.57. The third-order valence-electron chi connectivity index (χ3n) is 7.45. The lowest BCUT2D eigenvalue weighted by Crippen LogP contribution is -2.42. The van der Waals surface area contributed by atoms with Crippen LogP contribution in [0, 0.1) is 11.3 Å². The number of nitrogens with zero attached hydrogens (tertiary/aromatic N) is 2. The molecule has 5 atom stereocenters. The van der Waals surface area contributed by atoms with Crippen molar-refractivity contribution in [1.82, 2.24) is 15.5 Å². The van der Waals surface area contributed by atoms with Gasteiger partial charge in [-0.05, 0) is 67.0 Å². The molecule has 172 valence electrons. The number of carbonyl (C=O) groups excluding carboxylic acids is 1. The normalized spacial score (nSPS) is 29.1. The van der Waals surface area contributed by atoms with E-state index in [1.807, 2.05) is 30.3 Å². The number of nitrogens with one attached hydrogen (secondary N) is 1. The van der Waals surface area contributed by atoms with Gasteiger partial charge in [-0.1, -0.05) is 48.3 Å². The van der Waals surface area contributed by atoms with Crippen LogP contribution in [-0.4, -0.2) is 27.3 Å². The molecule has 2 fully saturated rings. The second kappa shape index (κ2) is 8.42. The molecule has 1 aromatic heterocycles. The maximum Gasteiger partial charge on any atom is 0.247 e. The van der Waals surface area contributed by atoms with Crippen molar-refractivity contribution >= 4 is 29.1 Å². The van der Waals surface area contributed by atoms with Crippen LogP contribution in [0.3, 0.4) is 0 Å². The Morgan fingerprint density at radius 3 is 2.61 bits per heavy atom. The van der Waals surface area contributed by atoms with Crippen LogP contribution in [0.5, 0.6) is 0 Å². The van der Waals surface area contributed by atoms with E-state index in [9.17, 15) is 9.90 Å². The highest BCUT2D eigenvalue weighted by molar-refractivity contribution is 6.31. The Morgan fingerprint density at radius 1 is 1.18 bits per heavy atom. The van der Waals surface area contributed by atoms with Gasteiger partial charge in [0.2, 0.25) is 17.7 Å². The van der Waals surface area contributed by atoms with Crippen molar-refractivity contribution in [2.24, 2.45) is 11.3 Å². The lowest BCUT2D eigenvalue weighted by molar-refractivity contribution is -0.129. The van der Waals surface area contributed by atoms with E-state index in [1.54, 1.807) is 0 Å². The van der Waals surface area contributed by atoms with E-state index < -0.39 is 5.41 Å². The van der Waals surface area contributed by atoms with Crippen molar-refractivity contribution in [2.75, 3.05) is 0 Å². The first-order valence-electron chi connectivity index (χ1n) is 11.1. The third-order valence-corrected chi connectivity index (χ3v) is 8.03. The molecule has 3 aromatic rings. The summed E-state index contributed by atoms with van der Waals surface area (Å²) >= 11 is 13.0. The minimum absolute atomic E-state index is 0.0549. The van der Waals surface area contributed by atoms with Gasteiger partial charge in [0.05, 0.1) is 5.41 Å². The average Bonchev–Trinajstić information content (AvgIpc) is 3.37. The van der Waals surface area contributed by atoms with Crippen molar-refractivity contribution in [1.29, 1.82) is 0 Å². The Bertz CT molecular complexity index is 1200. The average molecular weight is 486 g/mol. The molecule has 2 aliphatic rings. The number of amides is 1. The fraction of sp³-hybridized carbons (Fsp3) is 0.400. The summed E-state index contributed by atoms with van der Waals surface area (Å²) in [6.07, 6.45) is 1.64. The summed E-state index contributed by atoms with van der Waals surface area (Å²) in [5.41, 5.74) is 2.48. The highest BCUT2D eigenvalue weighted by Gasteiger charge is 2.57. The Morgan fingerprint density at radius 2 is 1.94 bits per heavy atom. The van der Waals surface area contributed by atoms with Gasteiger partial charge in [0.25, 0.3) is 0 Å². The fourth-order valence-corrected chi connectivity index (χ4v) is 6.35. The predicted molar refractivity (Wildman–Crippen MR) is 126 cm³/mol. The van der Waals surface area contributed by atoms with Gasteiger partial charge in [-0.2, -0.15) is 0 Å². The lowest BCUT2D eigenvalue weighted by Gasteiger charge is -2.46.